The quantitative estimate of drug-likeness (QED) is 0.572. The number of carboxylic acids is 1. The number of hydrogen-bond acceptors (Lipinski definition) is 1. The van der Waals surface area contributed by atoms with Crippen LogP contribution < -0.4 is 0 Å². The van der Waals surface area contributed by atoms with Crippen LogP contribution in [-0.2, 0) is 4.79 Å². The topological polar surface area (TPSA) is 37.3 Å². The molecule has 0 radical (unpaired) electrons. The van der Waals surface area contributed by atoms with E-state index in [0.717, 1.165) is 5.57 Å². The Morgan fingerprint density at radius 3 is 2.67 bits per heavy atom. The van der Waals surface area contributed by atoms with E-state index in [1.165, 1.54) is 0 Å². The maximum absolute atomic E-state index is 10.3. The van der Waals surface area contributed by atoms with Crippen LogP contribution in [0.2, 0.25) is 0 Å². The van der Waals surface area contributed by atoms with Crippen molar-refractivity contribution in [3.05, 3.63) is 23.3 Å². The van der Waals surface area contributed by atoms with E-state index in [-0.39, 0.29) is 0 Å². The number of hydrogen-bond donors (Lipinski definition) is 1. The molecule has 2 heteroatoms. The second-order valence-electron chi connectivity index (χ2n) is 2.07. The highest BCUT2D eigenvalue weighted by Crippen LogP contribution is 2.17. The fourth-order valence-corrected chi connectivity index (χ4v) is 0.871. The van der Waals surface area contributed by atoms with Crippen LogP contribution in [-0.4, -0.2) is 11.1 Å². The Hall–Kier alpha value is -1.05. The zero-order valence-corrected chi connectivity index (χ0v) is 5.22. The van der Waals surface area contributed by atoms with E-state index >= 15 is 0 Å². The molecule has 0 aromatic heterocycles. The van der Waals surface area contributed by atoms with Crippen molar-refractivity contribution in [1.29, 1.82) is 0 Å². The van der Waals surface area contributed by atoms with E-state index in [2.05, 4.69) is 0 Å². The normalized spacial score (nSPS) is 17.0. The first kappa shape index (κ1) is 6.08. The molecule has 0 unspecified atom stereocenters. The molecule has 0 fully saturated rings. The molecule has 0 bridgehead atoms. The largest absolute Gasteiger partial charge is 0.478 e. The van der Waals surface area contributed by atoms with Crippen molar-refractivity contribution in [3.63, 3.8) is 0 Å². The van der Waals surface area contributed by atoms with E-state index in [0.29, 0.717) is 12.0 Å². The molecule has 48 valence electrons. The summed E-state index contributed by atoms with van der Waals surface area (Å²) in [7, 11) is 0. The maximum Gasteiger partial charge on any atom is 0.332 e. The summed E-state index contributed by atoms with van der Waals surface area (Å²) in [4.78, 5) is 10.3. The van der Waals surface area contributed by atoms with Crippen molar-refractivity contribution < 1.29 is 9.90 Å². The molecule has 1 rings (SSSR count). The van der Waals surface area contributed by atoms with Crippen molar-refractivity contribution in [2.45, 2.75) is 13.3 Å². The Labute approximate surface area is 53.5 Å². The average molecular weight is 124 g/mol. The van der Waals surface area contributed by atoms with Crippen molar-refractivity contribution in [3.8, 4) is 0 Å². The fourth-order valence-electron chi connectivity index (χ4n) is 0.871. The van der Waals surface area contributed by atoms with Gasteiger partial charge in [0.15, 0.2) is 0 Å². The highest BCUT2D eigenvalue weighted by Gasteiger charge is 2.11. The molecule has 1 aliphatic rings. The van der Waals surface area contributed by atoms with Gasteiger partial charge in [-0.2, -0.15) is 0 Å². The van der Waals surface area contributed by atoms with Crippen LogP contribution in [0.3, 0.4) is 0 Å². The van der Waals surface area contributed by atoms with E-state index in [9.17, 15) is 4.79 Å². The first-order valence-corrected chi connectivity index (χ1v) is 2.81. The Morgan fingerprint density at radius 1 is 1.78 bits per heavy atom. The molecule has 2 nitrogen and oxygen atoms in total. The number of carbonyl (C=O) groups is 1. The smallest absolute Gasteiger partial charge is 0.332 e. The Morgan fingerprint density at radius 2 is 2.44 bits per heavy atom. The van der Waals surface area contributed by atoms with Gasteiger partial charge in [-0.15, -0.1) is 0 Å². The van der Waals surface area contributed by atoms with Crippen molar-refractivity contribution >= 4 is 5.97 Å². The minimum absolute atomic E-state index is 0.523. The molecular weight excluding hydrogens is 116 g/mol. The Kier molecular flexibility index (Phi) is 1.39. The molecule has 0 aromatic carbocycles. The number of aliphatic carboxylic acids is 1. The van der Waals surface area contributed by atoms with Crippen molar-refractivity contribution in [2.24, 2.45) is 0 Å². The lowest BCUT2D eigenvalue weighted by atomic mass is 10.2. The third-order valence-corrected chi connectivity index (χ3v) is 1.42. The minimum Gasteiger partial charge on any atom is -0.478 e. The summed E-state index contributed by atoms with van der Waals surface area (Å²) in [6.45, 7) is 1.81. The molecule has 0 aliphatic heterocycles. The van der Waals surface area contributed by atoms with Crippen LogP contribution in [0.1, 0.15) is 13.3 Å². The first-order valence-electron chi connectivity index (χ1n) is 2.81. The second-order valence-corrected chi connectivity index (χ2v) is 2.07. The van der Waals surface area contributed by atoms with Gasteiger partial charge in [0.2, 0.25) is 0 Å². The SMILES string of the molecule is CC1=C(C(=O)O)CC=C1. The van der Waals surface area contributed by atoms with Crippen LogP contribution in [0.15, 0.2) is 23.3 Å². The molecule has 0 heterocycles. The standard InChI is InChI=1S/C7H8O2/c1-5-3-2-4-6(5)7(8)9/h2-3H,4H2,1H3,(H,8,9). The van der Waals surface area contributed by atoms with Gasteiger partial charge < -0.3 is 5.11 Å². The van der Waals surface area contributed by atoms with Gasteiger partial charge in [-0.1, -0.05) is 12.2 Å². The molecular formula is C7H8O2. The van der Waals surface area contributed by atoms with Gasteiger partial charge in [-0.25, -0.2) is 4.79 Å². The monoisotopic (exact) mass is 124 g/mol. The van der Waals surface area contributed by atoms with Gasteiger partial charge in [0.1, 0.15) is 0 Å². The summed E-state index contributed by atoms with van der Waals surface area (Å²) in [6.07, 6.45) is 4.28. The van der Waals surface area contributed by atoms with Gasteiger partial charge in [0.05, 0.1) is 0 Å². The molecule has 0 saturated carbocycles. The molecule has 1 N–H and O–H groups in total. The maximum atomic E-state index is 10.3. The van der Waals surface area contributed by atoms with Crippen LogP contribution in [0.5, 0.6) is 0 Å². The molecule has 1 aliphatic carbocycles. The van der Waals surface area contributed by atoms with Gasteiger partial charge in [0.25, 0.3) is 0 Å². The fraction of sp³-hybridized carbons (Fsp3) is 0.286. The van der Waals surface area contributed by atoms with E-state index in [1.54, 1.807) is 0 Å². The molecule has 0 saturated heterocycles. The molecule has 0 atom stereocenters. The van der Waals surface area contributed by atoms with Crippen LogP contribution in [0.25, 0.3) is 0 Å². The van der Waals surface area contributed by atoms with Gasteiger partial charge in [0, 0.05) is 5.57 Å². The van der Waals surface area contributed by atoms with E-state index in [4.69, 9.17) is 5.11 Å². The zero-order valence-electron chi connectivity index (χ0n) is 5.22. The molecule has 0 amide bonds. The highest BCUT2D eigenvalue weighted by molar-refractivity contribution is 5.89. The summed E-state index contributed by atoms with van der Waals surface area (Å²) in [6, 6.07) is 0. The third kappa shape index (κ3) is 1.02. The van der Waals surface area contributed by atoms with Crippen LogP contribution >= 0.6 is 0 Å². The lowest BCUT2D eigenvalue weighted by molar-refractivity contribution is -0.132. The Bertz CT molecular complexity index is 199. The summed E-state index contributed by atoms with van der Waals surface area (Å²) in [5, 5.41) is 8.49. The Balaban J connectivity index is 2.85. The molecule has 0 aromatic rings. The van der Waals surface area contributed by atoms with E-state index in [1.807, 2.05) is 19.1 Å². The lowest BCUT2D eigenvalue weighted by Crippen LogP contribution is -1.98. The van der Waals surface area contributed by atoms with Gasteiger partial charge in [-0.3, -0.25) is 0 Å². The second kappa shape index (κ2) is 2.05. The lowest BCUT2D eigenvalue weighted by Gasteiger charge is -1.92. The summed E-state index contributed by atoms with van der Waals surface area (Å²) >= 11 is 0. The van der Waals surface area contributed by atoms with Crippen LogP contribution in [0, 0.1) is 0 Å². The first-order chi connectivity index (χ1) is 4.22. The highest BCUT2D eigenvalue weighted by atomic mass is 16.4. The molecule has 0 spiro atoms. The zero-order chi connectivity index (χ0) is 6.85. The van der Waals surface area contributed by atoms with Crippen molar-refractivity contribution in [1.82, 2.24) is 0 Å². The number of allylic oxidation sites excluding steroid dienone is 3. The predicted molar refractivity (Wildman–Crippen MR) is 34.1 cm³/mol. The number of rotatable bonds is 1. The minimum atomic E-state index is -0.794. The summed E-state index contributed by atoms with van der Waals surface area (Å²) in [5.74, 6) is -0.794. The summed E-state index contributed by atoms with van der Waals surface area (Å²) < 4.78 is 0. The van der Waals surface area contributed by atoms with Gasteiger partial charge >= 0.3 is 5.97 Å². The number of carboxylic acid groups (broad SMARTS) is 1. The van der Waals surface area contributed by atoms with Crippen LogP contribution in [0.4, 0.5) is 0 Å². The van der Waals surface area contributed by atoms with Crippen molar-refractivity contribution in [2.75, 3.05) is 0 Å². The third-order valence-electron chi connectivity index (χ3n) is 1.42. The predicted octanol–water partition coefficient (Wildman–Crippen LogP) is 1.35. The van der Waals surface area contributed by atoms with Gasteiger partial charge in [-0.05, 0) is 18.9 Å². The summed E-state index contributed by atoms with van der Waals surface area (Å²) in [5.41, 5.74) is 1.40. The van der Waals surface area contributed by atoms with E-state index < -0.39 is 5.97 Å². The molecule has 9 heavy (non-hydrogen) atoms. The average Bonchev–Trinajstić information content (AvgIpc) is 2.13.